The molecule has 1 aliphatic rings. The normalized spacial score (nSPS) is 13.7. The highest BCUT2D eigenvalue weighted by molar-refractivity contribution is 7.91. The van der Waals surface area contributed by atoms with Crippen LogP contribution in [-0.2, 0) is 22.7 Å². The summed E-state index contributed by atoms with van der Waals surface area (Å²) in [5.41, 5.74) is 2.50. The Kier molecular flexibility index (Phi) is 5.75. The van der Waals surface area contributed by atoms with Crippen molar-refractivity contribution in [2.45, 2.75) is 35.5 Å². The van der Waals surface area contributed by atoms with E-state index in [4.69, 9.17) is 0 Å². The van der Waals surface area contributed by atoms with E-state index in [1.165, 1.54) is 17.5 Å². The summed E-state index contributed by atoms with van der Waals surface area (Å²) in [5.74, 6) is 0. The molecule has 22 heavy (non-hydrogen) atoms. The van der Waals surface area contributed by atoms with Crippen molar-refractivity contribution in [3.8, 4) is 0 Å². The molecule has 0 atom stereocenters. The zero-order chi connectivity index (χ0) is 16.0. The van der Waals surface area contributed by atoms with Gasteiger partial charge in [-0.05, 0) is 75.2 Å². The molecular formula is C18H23NO2S. The van der Waals surface area contributed by atoms with Gasteiger partial charge in [-0.25, -0.2) is 8.42 Å². The number of hydrogen-bond donors (Lipinski definition) is 1. The van der Waals surface area contributed by atoms with E-state index in [2.05, 4.69) is 5.32 Å². The first-order chi connectivity index (χ1) is 10.6. The van der Waals surface area contributed by atoms with E-state index in [0.29, 0.717) is 9.79 Å². The Labute approximate surface area is 133 Å². The van der Waals surface area contributed by atoms with E-state index in [9.17, 15) is 8.42 Å². The minimum Gasteiger partial charge on any atom is -0.323 e. The number of nitrogens with one attached hydrogen (secondary N) is 1. The molecule has 1 aliphatic carbocycles. The van der Waals surface area contributed by atoms with Gasteiger partial charge >= 0.3 is 0 Å². The van der Waals surface area contributed by atoms with Gasteiger partial charge in [0.2, 0.25) is 9.84 Å². The van der Waals surface area contributed by atoms with Crippen LogP contribution in [0, 0.1) is 0 Å². The number of fused-ring (bicyclic) bond motifs is 1. The summed E-state index contributed by atoms with van der Waals surface area (Å²) in [7, 11) is 0.378. The minimum absolute atomic E-state index is 0.366. The summed E-state index contributed by atoms with van der Waals surface area (Å²) < 4.78 is 25.0. The van der Waals surface area contributed by atoms with Crippen molar-refractivity contribution in [1.82, 2.24) is 5.32 Å². The zero-order valence-electron chi connectivity index (χ0n) is 13.2. The fourth-order valence-electron chi connectivity index (χ4n) is 2.61. The smallest absolute Gasteiger partial charge is 0.206 e. The van der Waals surface area contributed by atoms with Gasteiger partial charge in [0, 0.05) is 0 Å². The predicted octanol–water partition coefficient (Wildman–Crippen LogP) is 3.23. The van der Waals surface area contributed by atoms with Gasteiger partial charge in [0.1, 0.15) is 0 Å². The Morgan fingerprint density at radius 1 is 0.818 bits per heavy atom. The molecule has 0 aromatic heterocycles. The summed E-state index contributed by atoms with van der Waals surface area (Å²) in [6.07, 6.45) is 4.42. The third-order valence-electron chi connectivity index (χ3n) is 3.68. The molecule has 0 saturated carbocycles. The third kappa shape index (κ3) is 3.76. The Balaban J connectivity index is 0.000000545. The van der Waals surface area contributed by atoms with Gasteiger partial charge in [0.05, 0.1) is 9.79 Å². The van der Waals surface area contributed by atoms with Crippen LogP contribution in [0.1, 0.15) is 24.0 Å². The standard InChI is InChI=1S/C16H16O2S.C2H7N/c17-19(18,15-8-2-1-3-9-15)16-11-10-13-6-4-5-7-14(13)12-16;1-3-2/h1-3,8-12H,4-7H2;3H,1-2H3. The molecule has 1 N–H and O–H groups in total. The highest BCUT2D eigenvalue weighted by Gasteiger charge is 2.19. The number of sulfone groups is 1. The van der Waals surface area contributed by atoms with Crippen LogP contribution in [0.5, 0.6) is 0 Å². The van der Waals surface area contributed by atoms with Crippen molar-refractivity contribution >= 4 is 9.84 Å². The summed E-state index contributed by atoms with van der Waals surface area (Å²) in [6.45, 7) is 0. The molecule has 3 rings (SSSR count). The van der Waals surface area contributed by atoms with Crippen molar-refractivity contribution in [3.05, 3.63) is 59.7 Å². The van der Waals surface area contributed by atoms with E-state index in [0.717, 1.165) is 19.3 Å². The number of hydrogen-bond acceptors (Lipinski definition) is 3. The van der Waals surface area contributed by atoms with Gasteiger partial charge in [-0.3, -0.25) is 0 Å². The fraction of sp³-hybridized carbons (Fsp3) is 0.333. The maximum atomic E-state index is 12.5. The highest BCUT2D eigenvalue weighted by Crippen LogP contribution is 2.27. The average Bonchev–Trinajstić information content (AvgIpc) is 2.56. The molecule has 0 amide bonds. The quantitative estimate of drug-likeness (QED) is 0.925. The van der Waals surface area contributed by atoms with Crippen molar-refractivity contribution in [2.24, 2.45) is 0 Å². The summed E-state index contributed by atoms with van der Waals surface area (Å²) in [6, 6.07) is 14.2. The van der Waals surface area contributed by atoms with Gasteiger partial charge in [-0.2, -0.15) is 0 Å². The molecule has 4 heteroatoms. The number of benzene rings is 2. The Morgan fingerprint density at radius 3 is 2.05 bits per heavy atom. The third-order valence-corrected chi connectivity index (χ3v) is 5.45. The largest absolute Gasteiger partial charge is 0.323 e. The highest BCUT2D eigenvalue weighted by atomic mass is 32.2. The lowest BCUT2D eigenvalue weighted by atomic mass is 9.92. The van der Waals surface area contributed by atoms with E-state index < -0.39 is 9.84 Å². The van der Waals surface area contributed by atoms with Crippen LogP contribution in [0.4, 0.5) is 0 Å². The molecule has 0 spiro atoms. The number of rotatable bonds is 2. The molecule has 0 fully saturated rings. The van der Waals surface area contributed by atoms with Crippen molar-refractivity contribution in [3.63, 3.8) is 0 Å². The van der Waals surface area contributed by atoms with E-state index in [1.807, 2.05) is 32.3 Å². The second-order valence-electron chi connectivity index (χ2n) is 5.45. The maximum Gasteiger partial charge on any atom is 0.206 e. The maximum absolute atomic E-state index is 12.5. The molecule has 0 bridgehead atoms. The Bertz CT molecular complexity index is 709. The summed E-state index contributed by atoms with van der Waals surface area (Å²) >= 11 is 0. The van der Waals surface area contributed by atoms with Crippen LogP contribution in [0.25, 0.3) is 0 Å². The van der Waals surface area contributed by atoms with E-state index in [1.54, 1.807) is 30.3 Å². The zero-order valence-corrected chi connectivity index (χ0v) is 14.0. The van der Waals surface area contributed by atoms with Gasteiger partial charge in [0.25, 0.3) is 0 Å². The first-order valence-electron chi connectivity index (χ1n) is 7.60. The van der Waals surface area contributed by atoms with Crippen molar-refractivity contribution < 1.29 is 8.42 Å². The summed E-state index contributed by atoms with van der Waals surface area (Å²) in [4.78, 5) is 0.783. The molecule has 0 saturated heterocycles. The molecule has 0 aliphatic heterocycles. The molecule has 2 aromatic rings. The van der Waals surface area contributed by atoms with Crippen LogP contribution in [0.15, 0.2) is 58.3 Å². The topological polar surface area (TPSA) is 46.2 Å². The fourth-order valence-corrected chi connectivity index (χ4v) is 3.94. The van der Waals surface area contributed by atoms with Gasteiger partial charge in [-0.15, -0.1) is 0 Å². The van der Waals surface area contributed by atoms with Crippen molar-refractivity contribution in [2.75, 3.05) is 14.1 Å². The SMILES string of the molecule is CNC.O=S(=O)(c1ccccc1)c1ccc2c(c1)CCCC2. The Hall–Kier alpha value is -1.65. The molecule has 3 nitrogen and oxygen atoms in total. The first kappa shape index (κ1) is 16.7. The molecule has 0 radical (unpaired) electrons. The Morgan fingerprint density at radius 2 is 1.41 bits per heavy atom. The lowest BCUT2D eigenvalue weighted by molar-refractivity contribution is 0.595. The average molecular weight is 317 g/mol. The second kappa shape index (κ2) is 7.56. The van der Waals surface area contributed by atoms with Crippen LogP contribution in [0.2, 0.25) is 0 Å². The second-order valence-corrected chi connectivity index (χ2v) is 7.40. The van der Waals surface area contributed by atoms with E-state index in [-0.39, 0.29) is 0 Å². The summed E-state index contributed by atoms with van der Waals surface area (Å²) in [5, 5.41) is 2.75. The molecule has 2 aromatic carbocycles. The van der Waals surface area contributed by atoms with Crippen LogP contribution >= 0.6 is 0 Å². The first-order valence-corrected chi connectivity index (χ1v) is 9.08. The lowest BCUT2D eigenvalue weighted by Gasteiger charge is -2.16. The van der Waals surface area contributed by atoms with Gasteiger partial charge < -0.3 is 5.32 Å². The molecule has 0 heterocycles. The number of aryl methyl sites for hydroxylation is 2. The van der Waals surface area contributed by atoms with Gasteiger partial charge in [-0.1, -0.05) is 24.3 Å². The molecule has 118 valence electrons. The van der Waals surface area contributed by atoms with Crippen LogP contribution in [-0.4, -0.2) is 22.5 Å². The monoisotopic (exact) mass is 317 g/mol. The van der Waals surface area contributed by atoms with Crippen molar-refractivity contribution in [1.29, 1.82) is 0 Å². The van der Waals surface area contributed by atoms with Gasteiger partial charge in [0.15, 0.2) is 0 Å². The molecular weight excluding hydrogens is 294 g/mol. The van der Waals surface area contributed by atoms with Crippen LogP contribution < -0.4 is 5.32 Å². The molecule has 0 unspecified atom stereocenters. The lowest BCUT2D eigenvalue weighted by Crippen LogP contribution is -2.07. The predicted molar refractivity (Wildman–Crippen MR) is 90.0 cm³/mol. The van der Waals surface area contributed by atoms with E-state index >= 15 is 0 Å². The minimum atomic E-state index is -3.37. The van der Waals surface area contributed by atoms with Crippen LogP contribution in [0.3, 0.4) is 0 Å².